The van der Waals surface area contributed by atoms with E-state index in [0.717, 1.165) is 33.8 Å². The Balaban J connectivity index is 2.61. The number of aromatic amines is 1. The van der Waals surface area contributed by atoms with Gasteiger partial charge in [0.1, 0.15) is 0 Å². The fraction of sp³-hybridized carbons (Fsp3) is 0.267. The number of carboxylic acid groups (broad SMARTS) is 1. The van der Waals surface area contributed by atoms with E-state index in [-0.39, 0.29) is 0 Å². The molecule has 19 heavy (non-hydrogen) atoms. The van der Waals surface area contributed by atoms with Crippen molar-refractivity contribution in [1.82, 2.24) is 4.98 Å². The minimum atomic E-state index is -0.954. The van der Waals surface area contributed by atoms with Crippen LogP contribution >= 0.6 is 0 Å². The van der Waals surface area contributed by atoms with Crippen molar-refractivity contribution in [3.63, 3.8) is 0 Å². The molecule has 0 aliphatic carbocycles. The molecule has 0 aliphatic heterocycles. The van der Waals surface area contributed by atoms with E-state index in [4.69, 9.17) is 10.8 Å². The van der Waals surface area contributed by atoms with E-state index >= 15 is 0 Å². The van der Waals surface area contributed by atoms with Gasteiger partial charge in [-0.1, -0.05) is 6.07 Å². The van der Waals surface area contributed by atoms with Gasteiger partial charge in [-0.25, -0.2) is 4.79 Å². The minimum absolute atomic E-state index is 0.447. The summed E-state index contributed by atoms with van der Waals surface area (Å²) in [5.41, 5.74) is 9.73. The van der Waals surface area contributed by atoms with Crippen molar-refractivity contribution in [2.24, 2.45) is 5.73 Å². The number of aliphatic carboxylic acids is 1. The predicted molar refractivity (Wildman–Crippen MR) is 76.9 cm³/mol. The first-order chi connectivity index (χ1) is 8.79. The Morgan fingerprint density at radius 1 is 1.42 bits per heavy atom. The number of fused-ring (bicyclic) bond motifs is 1. The highest BCUT2D eigenvalue weighted by molar-refractivity contribution is 5.90. The van der Waals surface area contributed by atoms with Crippen molar-refractivity contribution in [2.45, 2.75) is 26.3 Å². The van der Waals surface area contributed by atoms with Gasteiger partial charge < -0.3 is 15.8 Å². The summed E-state index contributed by atoms with van der Waals surface area (Å²) in [7, 11) is 0. The Labute approximate surface area is 111 Å². The maximum atomic E-state index is 10.6. The molecule has 0 amide bonds. The monoisotopic (exact) mass is 258 g/mol. The number of carboxylic acids is 1. The molecule has 4 N–H and O–H groups in total. The second kappa shape index (κ2) is 4.55. The molecule has 4 nitrogen and oxygen atoms in total. The fourth-order valence-electron chi connectivity index (χ4n) is 2.45. The number of aromatic nitrogens is 1. The Kier molecular flexibility index (Phi) is 3.20. The molecule has 4 heteroatoms. The zero-order chi connectivity index (χ0) is 14.2. The summed E-state index contributed by atoms with van der Waals surface area (Å²) in [5, 5.41) is 9.70. The number of aryl methyl sites for hydroxylation is 1. The van der Waals surface area contributed by atoms with Crippen LogP contribution in [0.4, 0.5) is 0 Å². The van der Waals surface area contributed by atoms with Gasteiger partial charge in [0, 0.05) is 28.2 Å². The topological polar surface area (TPSA) is 79.1 Å². The van der Waals surface area contributed by atoms with Crippen LogP contribution in [0.3, 0.4) is 0 Å². The van der Waals surface area contributed by atoms with Gasteiger partial charge >= 0.3 is 5.97 Å². The van der Waals surface area contributed by atoms with Gasteiger partial charge in [-0.2, -0.15) is 0 Å². The second-order valence-electron chi connectivity index (χ2n) is 5.32. The summed E-state index contributed by atoms with van der Waals surface area (Å²) in [4.78, 5) is 13.9. The number of rotatable bonds is 3. The molecule has 1 aromatic heterocycles. The molecule has 0 bridgehead atoms. The lowest BCUT2D eigenvalue weighted by molar-refractivity contribution is -0.131. The van der Waals surface area contributed by atoms with Crippen LogP contribution in [0, 0.1) is 6.92 Å². The number of H-pyrrole nitrogens is 1. The lowest BCUT2D eigenvalue weighted by atomic mass is 9.92. The third-order valence-corrected chi connectivity index (χ3v) is 3.07. The third-order valence-electron chi connectivity index (χ3n) is 3.07. The summed E-state index contributed by atoms with van der Waals surface area (Å²) < 4.78 is 0. The van der Waals surface area contributed by atoms with Crippen molar-refractivity contribution >= 4 is 22.9 Å². The molecule has 100 valence electrons. The quantitative estimate of drug-likeness (QED) is 0.741. The van der Waals surface area contributed by atoms with Gasteiger partial charge in [0.05, 0.1) is 0 Å². The molecule has 0 fully saturated rings. The van der Waals surface area contributed by atoms with E-state index in [1.165, 1.54) is 0 Å². The summed E-state index contributed by atoms with van der Waals surface area (Å²) in [5.74, 6) is -0.954. The second-order valence-corrected chi connectivity index (χ2v) is 5.32. The number of benzene rings is 1. The van der Waals surface area contributed by atoms with Crippen LogP contribution in [0.25, 0.3) is 17.0 Å². The molecule has 0 saturated heterocycles. The van der Waals surface area contributed by atoms with E-state index in [0.29, 0.717) is 0 Å². The number of carbonyl (C=O) groups is 1. The zero-order valence-electron chi connectivity index (χ0n) is 11.3. The van der Waals surface area contributed by atoms with Gasteiger partial charge in [-0.05, 0) is 50.1 Å². The fourth-order valence-corrected chi connectivity index (χ4v) is 2.45. The average Bonchev–Trinajstić information content (AvgIpc) is 2.60. The van der Waals surface area contributed by atoms with Crippen LogP contribution in [0.15, 0.2) is 24.3 Å². The van der Waals surface area contributed by atoms with E-state index in [1.54, 1.807) is 6.08 Å². The maximum Gasteiger partial charge on any atom is 0.328 e. The van der Waals surface area contributed by atoms with Crippen LogP contribution in [0.2, 0.25) is 0 Å². The number of hydrogen-bond acceptors (Lipinski definition) is 2. The van der Waals surface area contributed by atoms with Crippen LogP contribution in [-0.2, 0) is 10.3 Å². The lowest BCUT2D eigenvalue weighted by Gasteiger charge is -2.19. The summed E-state index contributed by atoms with van der Waals surface area (Å²) in [6.07, 6.45) is 2.71. The molecular weight excluding hydrogens is 240 g/mol. The zero-order valence-corrected chi connectivity index (χ0v) is 11.3. The number of nitrogens with one attached hydrogen (secondary N) is 1. The largest absolute Gasteiger partial charge is 0.478 e. The van der Waals surface area contributed by atoms with Crippen LogP contribution in [-0.4, -0.2) is 16.1 Å². The smallest absolute Gasteiger partial charge is 0.328 e. The average molecular weight is 258 g/mol. The molecule has 0 atom stereocenters. The molecule has 1 heterocycles. The third kappa shape index (κ3) is 2.69. The highest BCUT2D eigenvalue weighted by Gasteiger charge is 2.21. The summed E-state index contributed by atoms with van der Waals surface area (Å²) in [6, 6.07) is 5.78. The Hall–Kier alpha value is -2.07. The lowest BCUT2D eigenvalue weighted by Crippen LogP contribution is -2.29. The molecule has 2 aromatic rings. The van der Waals surface area contributed by atoms with E-state index in [9.17, 15) is 4.79 Å². The van der Waals surface area contributed by atoms with Gasteiger partial charge in [0.2, 0.25) is 0 Å². The normalized spacial score (nSPS) is 12.4. The SMILES string of the molecule is Cc1[nH]c2ccc(/C=C/C(=O)O)cc2c1C(C)(C)N. The summed E-state index contributed by atoms with van der Waals surface area (Å²) in [6.45, 7) is 5.92. The van der Waals surface area contributed by atoms with Crippen LogP contribution in [0.1, 0.15) is 30.7 Å². The molecule has 0 radical (unpaired) electrons. The van der Waals surface area contributed by atoms with Crippen LogP contribution < -0.4 is 5.73 Å². The van der Waals surface area contributed by atoms with Crippen molar-refractivity contribution in [1.29, 1.82) is 0 Å². The molecule has 0 unspecified atom stereocenters. The number of hydrogen-bond donors (Lipinski definition) is 3. The van der Waals surface area contributed by atoms with Gasteiger partial charge in [0.25, 0.3) is 0 Å². The van der Waals surface area contributed by atoms with Gasteiger partial charge in [0.15, 0.2) is 0 Å². The maximum absolute atomic E-state index is 10.6. The van der Waals surface area contributed by atoms with Gasteiger partial charge in [-0.3, -0.25) is 0 Å². The molecule has 0 spiro atoms. The Morgan fingerprint density at radius 2 is 2.11 bits per heavy atom. The van der Waals surface area contributed by atoms with E-state index in [2.05, 4.69) is 4.98 Å². The van der Waals surface area contributed by atoms with Crippen molar-refractivity contribution in [2.75, 3.05) is 0 Å². The first-order valence-corrected chi connectivity index (χ1v) is 6.12. The molecule has 2 rings (SSSR count). The summed E-state index contributed by atoms with van der Waals surface area (Å²) >= 11 is 0. The predicted octanol–water partition coefficient (Wildman–Crippen LogP) is 2.77. The van der Waals surface area contributed by atoms with Crippen molar-refractivity contribution < 1.29 is 9.90 Å². The van der Waals surface area contributed by atoms with Crippen molar-refractivity contribution in [3.8, 4) is 0 Å². The van der Waals surface area contributed by atoms with E-state index < -0.39 is 11.5 Å². The molecular formula is C15H18N2O2. The van der Waals surface area contributed by atoms with E-state index in [1.807, 2.05) is 39.0 Å². The highest BCUT2D eigenvalue weighted by Crippen LogP contribution is 2.30. The first-order valence-electron chi connectivity index (χ1n) is 6.12. The number of nitrogens with two attached hydrogens (primary N) is 1. The van der Waals surface area contributed by atoms with Crippen LogP contribution in [0.5, 0.6) is 0 Å². The Bertz CT molecular complexity index is 661. The molecule has 0 aliphatic rings. The minimum Gasteiger partial charge on any atom is -0.478 e. The van der Waals surface area contributed by atoms with Crippen molar-refractivity contribution in [3.05, 3.63) is 41.1 Å². The Morgan fingerprint density at radius 3 is 2.68 bits per heavy atom. The standard InChI is InChI=1S/C15H18N2O2/c1-9-14(15(2,3)16)11-8-10(5-7-13(18)19)4-6-12(11)17-9/h4-8,17H,16H2,1-3H3,(H,18,19)/b7-5+. The van der Waals surface area contributed by atoms with Gasteiger partial charge in [-0.15, -0.1) is 0 Å². The highest BCUT2D eigenvalue weighted by atomic mass is 16.4. The molecule has 1 aromatic carbocycles. The molecule has 0 saturated carbocycles. The first kappa shape index (κ1) is 13.4.